The molecule has 0 aliphatic carbocycles. The molecule has 5 nitrogen and oxygen atoms in total. The number of hydrogen-bond donors (Lipinski definition) is 0. The van der Waals surface area contributed by atoms with E-state index in [9.17, 15) is 14.4 Å². The first-order chi connectivity index (χ1) is 14.4. The lowest BCUT2D eigenvalue weighted by Gasteiger charge is -2.46. The lowest BCUT2D eigenvalue weighted by atomic mass is 9.70. The van der Waals surface area contributed by atoms with Crippen molar-refractivity contribution in [3.05, 3.63) is 77.9 Å². The van der Waals surface area contributed by atoms with E-state index in [0.29, 0.717) is 25.1 Å². The number of rotatable bonds is 6. The molecule has 154 valence electrons. The van der Waals surface area contributed by atoms with E-state index in [0.717, 1.165) is 11.1 Å². The highest BCUT2D eigenvalue weighted by Crippen LogP contribution is 2.39. The summed E-state index contributed by atoms with van der Waals surface area (Å²) in [5.41, 5.74) is 0.990. The molecule has 2 aromatic carbocycles. The van der Waals surface area contributed by atoms with E-state index in [1.165, 1.54) is 11.8 Å². The summed E-state index contributed by atoms with van der Waals surface area (Å²) in [7, 11) is 0. The van der Waals surface area contributed by atoms with Crippen molar-refractivity contribution in [3.63, 3.8) is 0 Å². The number of hydrogen-bond acceptors (Lipinski definition) is 4. The number of benzene rings is 2. The number of carbonyl (C=O) groups excluding carboxylic acids is 3. The number of ketones is 2. The van der Waals surface area contributed by atoms with Crippen LogP contribution in [0.3, 0.4) is 0 Å². The average molecular weight is 403 g/mol. The average Bonchev–Trinajstić information content (AvgIpc) is 2.88. The third-order valence-corrected chi connectivity index (χ3v) is 6.12. The number of β-lactam (4-membered cyclic amide) rings is 1. The Labute approximate surface area is 176 Å². The van der Waals surface area contributed by atoms with Gasteiger partial charge in [0.05, 0.1) is 0 Å². The summed E-state index contributed by atoms with van der Waals surface area (Å²) in [6.07, 6.45) is 3.55. The van der Waals surface area contributed by atoms with Crippen LogP contribution in [-0.4, -0.2) is 41.1 Å². The molecule has 0 saturated carbocycles. The number of para-hydroxylation sites is 1. The Bertz CT molecular complexity index is 996. The molecule has 0 radical (unpaired) electrons. The van der Waals surface area contributed by atoms with Crippen LogP contribution in [0.5, 0.6) is 5.75 Å². The van der Waals surface area contributed by atoms with Gasteiger partial charge in [0.2, 0.25) is 6.10 Å². The molecule has 0 bridgehead atoms. The van der Waals surface area contributed by atoms with Gasteiger partial charge in [-0.3, -0.25) is 14.4 Å². The van der Waals surface area contributed by atoms with Gasteiger partial charge in [-0.15, -0.1) is 0 Å². The van der Waals surface area contributed by atoms with Crippen LogP contribution in [0.15, 0.2) is 66.7 Å². The predicted molar refractivity (Wildman–Crippen MR) is 113 cm³/mol. The van der Waals surface area contributed by atoms with Crippen molar-refractivity contribution in [1.82, 2.24) is 4.90 Å². The van der Waals surface area contributed by atoms with Crippen molar-refractivity contribution in [2.75, 3.05) is 6.54 Å². The Morgan fingerprint density at radius 3 is 2.47 bits per heavy atom. The molecule has 0 spiro atoms. The van der Waals surface area contributed by atoms with Gasteiger partial charge in [-0.05, 0) is 44.4 Å². The minimum absolute atomic E-state index is 0.199. The Balaban J connectivity index is 1.59. The summed E-state index contributed by atoms with van der Waals surface area (Å²) in [5, 5.41) is 0. The molecule has 5 heteroatoms. The van der Waals surface area contributed by atoms with Crippen LogP contribution in [0.2, 0.25) is 0 Å². The summed E-state index contributed by atoms with van der Waals surface area (Å²) < 4.78 is 5.86. The molecule has 1 amide bonds. The van der Waals surface area contributed by atoms with Crippen molar-refractivity contribution in [2.24, 2.45) is 5.41 Å². The number of aryl methyl sites for hydroxylation is 2. The number of Topliss-reactive ketones (excluding diaryl/α,β-unsaturated/α-hetero) is 2. The third-order valence-electron chi connectivity index (χ3n) is 6.12. The van der Waals surface area contributed by atoms with E-state index < -0.39 is 17.6 Å². The number of amides is 1. The van der Waals surface area contributed by atoms with Crippen LogP contribution in [0, 0.1) is 12.3 Å². The maximum atomic E-state index is 13.6. The zero-order valence-electron chi connectivity index (χ0n) is 17.2. The fourth-order valence-electron chi connectivity index (χ4n) is 4.24. The number of allylic oxidation sites excluding steroid dienone is 1. The van der Waals surface area contributed by atoms with Crippen LogP contribution in [0.25, 0.3) is 0 Å². The predicted octanol–water partition coefficient (Wildman–Crippen LogP) is 3.30. The maximum absolute atomic E-state index is 13.6. The van der Waals surface area contributed by atoms with Crippen LogP contribution in [-0.2, 0) is 20.8 Å². The van der Waals surface area contributed by atoms with Crippen LogP contribution in [0.1, 0.15) is 24.5 Å². The Morgan fingerprint density at radius 2 is 1.80 bits per heavy atom. The molecule has 1 saturated heterocycles. The van der Waals surface area contributed by atoms with Gasteiger partial charge >= 0.3 is 0 Å². The van der Waals surface area contributed by atoms with Crippen molar-refractivity contribution >= 4 is 17.5 Å². The smallest absolute Gasteiger partial charge is 0.267 e. The van der Waals surface area contributed by atoms with Crippen LogP contribution in [0.4, 0.5) is 0 Å². The number of ether oxygens (including phenoxy) is 1. The van der Waals surface area contributed by atoms with Gasteiger partial charge in [-0.1, -0.05) is 60.2 Å². The summed E-state index contributed by atoms with van der Waals surface area (Å²) in [6, 6.07) is 16.3. The topological polar surface area (TPSA) is 63.7 Å². The quantitative estimate of drug-likeness (QED) is 0.422. The van der Waals surface area contributed by atoms with Crippen molar-refractivity contribution in [3.8, 4) is 5.75 Å². The normalized spacial score (nSPS) is 25.3. The fourth-order valence-corrected chi connectivity index (χ4v) is 4.24. The Hall–Kier alpha value is -3.21. The minimum Gasteiger partial charge on any atom is -0.478 e. The zero-order valence-corrected chi connectivity index (χ0v) is 17.2. The molecule has 2 aromatic rings. The van der Waals surface area contributed by atoms with Crippen LogP contribution < -0.4 is 4.74 Å². The molecule has 0 N–H and O–H groups in total. The lowest BCUT2D eigenvalue weighted by Crippen LogP contribution is -2.71. The van der Waals surface area contributed by atoms with E-state index in [2.05, 4.69) is 0 Å². The Morgan fingerprint density at radius 1 is 1.10 bits per heavy atom. The SMILES string of the molecule is CC(=O)[C@]1(CCc2ccc(C)cc2)C=CCN2C(=O)[C@H](Oc3ccccc3)[C@@H]2C1=O. The molecule has 2 heterocycles. The van der Waals surface area contributed by atoms with E-state index in [1.54, 1.807) is 24.3 Å². The van der Waals surface area contributed by atoms with Gasteiger partial charge in [0.1, 0.15) is 23.0 Å². The maximum Gasteiger partial charge on any atom is 0.267 e. The van der Waals surface area contributed by atoms with Gasteiger partial charge in [0, 0.05) is 6.54 Å². The molecule has 2 aliphatic rings. The zero-order chi connectivity index (χ0) is 21.3. The van der Waals surface area contributed by atoms with Gasteiger partial charge in [0.15, 0.2) is 5.78 Å². The Kier molecular flexibility index (Phi) is 5.29. The van der Waals surface area contributed by atoms with Gasteiger partial charge in [0.25, 0.3) is 5.91 Å². The standard InChI is InChI=1S/C25H25NO4/c1-17-9-11-19(12-10-17)13-15-25(18(2)27)14-6-16-26-21(23(25)28)22(24(26)29)30-20-7-4-3-5-8-20/h3-12,14,21-22H,13,15-16H2,1-2H3/t21-,22-,25-/m1/s1. The molecule has 30 heavy (non-hydrogen) atoms. The second kappa shape index (κ2) is 7.90. The van der Waals surface area contributed by atoms with E-state index in [1.807, 2.05) is 49.4 Å². The summed E-state index contributed by atoms with van der Waals surface area (Å²) in [5.74, 6) is -0.139. The van der Waals surface area contributed by atoms with Gasteiger partial charge in [-0.25, -0.2) is 0 Å². The molecular weight excluding hydrogens is 378 g/mol. The summed E-state index contributed by atoms with van der Waals surface area (Å²) in [4.78, 5) is 40.5. The van der Waals surface area contributed by atoms with Crippen molar-refractivity contribution in [2.45, 2.75) is 38.8 Å². The van der Waals surface area contributed by atoms with Gasteiger partial charge in [-0.2, -0.15) is 0 Å². The van der Waals surface area contributed by atoms with Crippen LogP contribution >= 0.6 is 0 Å². The van der Waals surface area contributed by atoms with Crippen molar-refractivity contribution in [1.29, 1.82) is 0 Å². The highest BCUT2D eigenvalue weighted by molar-refractivity contribution is 6.15. The first kappa shape index (κ1) is 20.1. The van der Waals surface area contributed by atoms with E-state index >= 15 is 0 Å². The molecule has 0 unspecified atom stereocenters. The molecule has 3 atom stereocenters. The molecule has 1 fully saturated rings. The molecular formula is C25H25NO4. The monoisotopic (exact) mass is 403 g/mol. The van der Waals surface area contributed by atoms with E-state index in [4.69, 9.17) is 4.74 Å². The number of nitrogens with zero attached hydrogens (tertiary/aromatic N) is 1. The number of fused-ring (bicyclic) bond motifs is 1. The largest absolute Gasteiger partial charge is 0.478 e. The van der Waals surface area contributed by atoms with E-state index in [-0.39, 0.29) is 17.5 Å². The third kappa shape index (κ3) is 3.45. The summed E-state index contributed by atoms with van der Waals surface area (Å²) in [6.45, 7) is 3.79. The second-order valence-electron chi connectivity index (χ2n) is 8.07. The fraction of sp³-hybridized carbons (Fsp3) is 0.320. The molecule has 0 aromatic heterocycles. The molecule has 4 rings (SSSR count). The van der Waals surface area contributed by atoms with Crippen molar-refractivity contribution < 1.29 is 19.1 Å². The summed E-state index contributed by atoms with van der Waals surface area (Å²) >= 11 is 0. The lowest BCUT2D eigenvalue weighted by molar-refractivity contribution is -0.170. The number of carbonyl (C=O) groups is 3. The highest BCUT2D eigenvalue weighted by Gasteiger charge is 2.59. The highest BCUT2D eigenvalue weighted by atomic mass is 16.5. The molecule has 2 aliphatic heterocycles. The first-order valence-electron chi connectivity index (χ1n) is 10.2. The second-order valence-corrected chi connectivity index (χ2v) is 8.07. The van der Waals surface area contributed by atoms with Gasteiger partial charge < -0.3 is 9.64 Å². The first-order valence-corrected chi connectivity index (χ1v) is 10.2. The minimum atomic E-state index is -1.25.